The quantitative estimate of drug-likeness (QED) is 0.00634. The van der Waals surface area contributed by atoms with Crippen molar-refractivity contribution in [2.24, 2.45) is 5.11 Å². The first kappa shape index (κ1) is 123. The normalized spacial score (nSPS) is 12.0. The number of ether oxygens (including phenoxy) is 4. The zero-order chi connectivity index (χ0) is 105. The van der Waals surface area contributed by atoms with Crippen LogP contribution in [0.15, 0.2) is 102 Å². The number of thioether (sulfide) groups is 2. The summed E-state index contributed by atoms with van der Waals surface area (Å²) in [6, 6.07) is 25.8. The van der Waals surface area contributed by atoms with Crippen molar-refractivity contribution in [2.45, 2.75) is 213 Å². The molecule has 0 aliphatic carbocycles. The number of aliphatic carboxylic acids is 2. The molecule has 0 fully saturated rings. The number of rotatable bonds is 65. The van der Waals surface area contributed by atoms with Gasteiger partial charge in [0, 0.05) is 186 Å². The van der Waals surface area contributed by atoms with Crippen molar-refractivity contribution in [2.75, 3.05) is 141 Å². The zero-order valence-corrected chi connectivity index (χ0v) is 84.6. The standard InChI is InChI=1S/C61H85N9O14S2.C31H49N7O9S2.2CO2/c1-5-67(6-2)60(78)44-28-30-46(31-29-44)69(43-85-41-51(53(72)32-33-57(76)77)64-55(74)26-16-34-62)61(79)84-48(42-86(4,80)81)21-8-7-13-36-70-59-50-23-11-12-24-52(50)68(40-45-18-9-10-22-49(45)58(59)65-66-70)56(75)27-15-20-47(71)19-14-25-54(73)63-35-17-37-83-39-38-82-3;1-4-37(5-2)30(43)23-12-14-24(15-13-23)38(31(44)47-25(21-49(3,45)46)10-7-6-8-19-34-36-33)22-48-20-26(27(39)16-17-29(41)42)35-28(40)11-9-18-32;2*2-1-3/h9-12,18,22-24,28-31,48,51H,5-8,13-17,19-21,25-27,32-43,62H2,1-4H3,(H,63,73)(H,64,74)(H,76,77);12-15,25-26H,4-11,16-22,32H2,1-3H3,(H,35,40)(H,41,42);;/p+2. The number of carbonyl (C=O) groups is 13. The summed E-state index contributed by atoms with van der Waals surface area (Å²) in [5, 5.41) is 39.3. The second-order valence-corrected chi connectivity index (χ2v) is 38.9. The lowest BCUT2D eigenvalue weighted by Gasteiger charge is -2.29. The van der Waals surface area contributed by atoms with Crippen molar-refractivity contribution in [1.29, 1.82) is 0 Å². The lowest BCUT2D eigenvalue weighted by atomic mass is 9.95. The number of azide groups is 1. The number of carboxylic acids is 2. The Morgan fingerprint density at radius 1 is 0.546 bits per heavy atom. The molecule has 0 radical (unpaired) electrons. The van der Waals surface area contributed by atoms with Crippen LogP contribution in [-0.4, -0.2) is 292 Å². The van der Waals surface area contributed by atoms with E-state index < -0.39 is 110 Å². The van der Waals surface area contributed by atoms with E-state index in [0.717, 1.165) is 52.7 Å². The summed E-state index contributed by atoms with van der Waals surface area (Å²) in [7, 11) is -5.62. The third kappa shape index (κ3) is 48.7. The van der Waals surface area contributed by atoms with Gasteiger partial charge in [-0.15, -0.1) is 28.6 Å². The third-order valence-corrected chi connectivity index (χ3v) is 25.6. The van der Waals surface area contributed by atoms with Gasteiger partial charge in [0.05, 0.1) is 92.4 Å². The number of hydrogen-bond donors (Lipinski definition) is 7. The first-order chi connectivity index (χ1) is 67.4. The van der Waals surface area contributed by atoms with Crippen LogP contribution in [0.2, 0.25) is 0 Å². The molecule has 1 aliphatic heterocycles. The topological polar surface area (TPSA) is 623 Å². The van der Waals surface area contributed by atoms with Crippen molar-refractivity contribution in [3.8, 4) is 22.5 Å². The molecule has 0 spiro atoms. The average Bonchev–Trinajstić information content (AvgIpc) is 1.61. The summed E-state index contributed by atoms with van der Waals surface area (Å²) in [5.41, 5.74) is 21.8. The number of para-hydroxylation sites is 1. The van der Waals surface area contributed by atoms with E-state index >= 15 is 0 Å². The number of carbonyl (C=O) groups excluding carboxylic acids is 15. The number of nitrogens with zero attached hydrogens (tertiary/aromatic N) is 11. The van der Waals surface area contributed by atoms with E-state index in [0.29, 0.717) is 189 Å². The molecular weight excluding hydrogens is 1910 g/mol. The monoisotopic (exact) mass is 2050 g/mol. The number of aryl methyl sites for hydroxylation is 1. The van der Waals surface area contributed by atoms with Gasteiger partial charge < -0.3 is 71.3 Å². The Hall–Kier alpha value is -12.2. The summed E-state index contributed by atoms with van der Waals surface area (Å²) in [5.74, 6) is -5.89. The van der Waals surface area contributed by atoms with E-state index in [1.165, 1.54) is 9.80 Å². The van der Waals surface area contributed by atoms with Crippen molar-refractivity contribution in [3.63, 3.8) is 0 Å². The highest BCUT2D eigenvalue weighted by molar-refractivity contribution is 7.99. The Labute approximate surface area is 830 Å². The second kappa shape index (κ2) is 69.7. The van der Waals surface area contributed by atoms with Crippen molar-refractivity contribution in [3.05, 3.63) is 124 Å². The second-order valence-electron chi connectivity index (χ2n) is 32.5. The van der Waals surface area contributed by atoms with Crippen molar-refractivity contribution < 1.29 is 139 Å². The Morgan fingerprint density at radius 3 is 1.45 bits per heavy atom. The minimum absolute atomic E-state index is 0.00875. The maximum absolute atomic E-state index is 14.4. The molecule has 776 valence electrons. The van der Waals surface area contributed by atoms with E-state index in [-0.39, 0.29) is 142 Å². The number of anilines is 3. The third-order valence-electron chi connectivity index (χ3n) is 21.6. The van der Waals surface area contributed by atoms with Crippen LogP contribution in [0.1, 0.15) is 202 Å². The minimum Gasteiger partial charge on any atom is -0.481 e. The van der Waals surface area contributed by atoms with Crippen molar-refractivity contribution in [1.82, 2.24) is 40.7 Å². The molecule has 43 nitrogen and oxygen atoms in total. The number of ketones is 3. The fourth-order valence-corrected chi connectivity index (χ4v) is 18.3. The van der Waals surface area contributed by atoms with Gasteiger partial charge in [-0.05, 0) is 151 Å². The SMILES string of the molecule is CCN(CC)C(=O)c1ccc(N(CSCC(NC(=O)CCC[NH3+])C(=O)CCC(=O)O)C(=O)OC(CCCCCN=[N+]=[N-])CS(C)(=O)=O)cc1.CCN(CC)C(=O)c1ccc(N(CSCC(NC(=O)CCC[NH3+])C(=O)CCC(=O)O)C(=O)OC(CCCCCn2nnc3c2-c2ccccc2N(C(=O)CCCC(=O)CCCC(=O)NCCCOCCOC)Cc2ccccc2-3)CS(C)(=O)=O)cc1.O=C=O.O=C=O. The number of unbranched alkanes of at least 4 members (excludes halogenated alkanes) is 4. The number of nitrogens with one attached hydrogen (secondary N) is 3. The molecule has 0 saturated carbocycles. The number of hydrogen-bond acceptors (Lipinski definition) is 30. The number of aromatic nitrogens is 3. The average molecular weight is 2050 g/mol. The molecule has 11 N–H and O–H groups in total. The summed E-state index contributed by atoms with van der Waals surface area (Å²) in [6.45, 7) is 13.4. The van der Waals surface area contributed by atoms with Gasteiger partial charge in [-0.25, -0.2) is 31.1 Å². The molecule has 1 aromatic heterocycles. The highest BCUT2D eigenvalue weighted by Crippen LogP contribution is 2.42. The van der Waals surface area contributed by atoms with Crippen LogP contribution in [0.4, 0.5) is 26.7 Å². The summed E-state index contributed by atoms with van der Waals surface area (Å²) >= 11 is 2.21. The van der Waals surface area contributed by atoms with Crippen LogP contribution >= 0.6 is 23.5 Å². The van der Waals surface area contributed by atoms with Gasteiger partial charge in [0.2, 0.25) is 23.6 Å². The molecule has 4 aromatic carbocycles. The Morgan fingerprint density at radius 2 is 1.00 bits per heavy atom. The number of fused-ring (bicyclic) bond motifs is 5. The van der Waals surface area contributed by atoms with Crippen LogP contribution < -0.4 is 42.1 Å². The van der Waals surface area contributed by atoms with E-state index in [1.54, 1.807) is 75.0 Å². The molecule has 2 heterocycles. The first-order valence-electron chi connectivity index (χ1n) is 46.6. The predicted molar refractivity (Wildman–Crippen MR) is 525 cm³/mol. The highest BCUT2D eigenvalue weighted by Gasteiger charge is 2.34. The van der Waals surface area contributed by atoms with Crippen LogP contribution in [0.3, 0.4) is 0 Å². The maximum atomic E-state index is 14.4. The summed E-state index contributed by atoms with van der Waals surface area (Å²) < 4.78 is 74.1. The number of quaternary nitrogens is 2. The van der Waals surface area contributed by atoms with Gasteiger partial charge in [-0.2, -0.15) is 19.2 Å². The number of benzene rings is 4. The number of sulfone groups is 2. The van der Waals surface area contributed by atoms with Gasteiger partial charge in [0.15, 0.2) is 31.2 Å². The van der Waals surface area contributed by atoms with Crippen LogP contribution in [0.25, 0.3) is 33.0 Å². The molecule has 4 unspecified atom stereocenters. The summed E-state index contributed by atoms with van der Waals surface area (Å²) in [4.78, 5) is 210. The number of carboxylic acid groups (broad SMARTS) is 2. The molecule has 47 heteroatoms. The molecule has 5 aromatic rings. The van der Waals surface area contributed by atoms with Crippen LogP contribution in [0.5, 0.6) is 0 Å². The lowest BCUT2D eigenvalue weighted by molar-refractivity contribution is -0.368. The largest absolute Gasteiger partial charge is 0.481 e. The fourth-order valence-electron chi connectivity index (χ4n) is 14.4. The van der Waals surface area contributed by atoms with Crippen molar-refractivity contribution >= 4 is 149 Å². The Balaban J connectivity index is 0.000000786. The lowest BCUT2D eigenvalue weighted by Crippen LogP contribution is -2.50. The Kier molecular flexibility index (Phi) is 60.8. The highest BCUT2D eigenvalue weighted by atomic mass is 32.2. The van der Waals surface area contributed by atoms with Crippen LogP contribution in [-0.2, 0) is 114 Å². The Bertz CT molecular complexity index is 5150. The van der Waals surface area contributed by atoms with Gasteiger partial charge in [0.1, 0.15) is 23.7 Å². The zero-order valence-electron chi connectivity index (χ0n) is 81.3. The van der Waals surface area contributed by atoms with Gasteiger partial charge >= 0.3 is 36.4 Å². The smallest absolute Gasteiger partial charge is 0.415 e. The summed E-state index contributed by atoms with van der Waals surface area (Å²) in [6.07, 6.45) is 4.53. The van der Waals surface area contributed by atoms with E-state index in [2.05, 4.69) is 47.8 Å². The molecule has 141 heavy (non-hydrogen) atoms. The fraction of sp³-hybridized carbons (Fsp3) is 0.564. The number of methoxy groups -OCH3 is 1. The maximum Gasteiger partial charge on any atom is 0.415 e. The predicted octanol–water partition coefficient (Wildman–Crippen LogP) is 8.13. The molecule has 0 saturated heterocycles. The molecular formula is C94H136N16O27S4+2. The molecule has 6 rings (SSSR count). The molecule has 8 amide bonds. The van der Waals surface area contributed by atoms with Gasteiger partial charge in [-0.3, -0.25) is 62.5 Å². The number of amides is 8. The van der Waals surface area contributed by atoms with Crippen LogP contribution in [0, 0.1) is 0 Å². The van der Waals surface area contributed by atoms with Gasteiger partial charge in [-0.1, -0.05) is 65.6 Å². The minimum atomic E-state index is -3.68. The van der Waals surface area contributed by atoms with E-state index in [4.69, 9.17) is 48.8 Å². The molecule has 4 atom stereocenters. The number of Topliss-reactive ketones (excluding diaryl/α,β-unsaturated/α-hetero) is 3. The molecule has 1 aliphatic rings. The molecule has 0 bridgehead atoms. The van der Waals surface area contributed by atoms with Gasteiger partial charge in [0.25, 0.3) is 11.8 Å². The van der Waals surface area contributed by atoms with E-state index in [9.17, 15) is 84.3 Å². The first-order valence-corrected chi connectivity index (χ1v) is 53.1. The van der Waals surface area contributed by atoms with E-state index in [1.807, 2.05) is 76.2 Å².